The topological polar surface area (TPSA) is 85.8 Å². The van der Waals surface area contributed by atoms with Crippen LogP contribution in [0.2, 0.25) is 0 Å². The van der Waals surface area contributed by atoms with Gasteiger partial charge in [-0.15, -0.1) is 10.2 Å². The van der Waals surface area contributed by atoms with Crippen LogP contribution in [-0.4, -0.2) is 25.9 Å². The molecule has 0 spiro atoms. The highest BCUT2D eigenvalue weighted by atomic mass is 16.3. The van der Waals surface area contributed by atoms with E-state index >= 15 is 0 Å². The molecule has 0 unspecified atom stereocenters. The van der Waals surface area contributed by atoms with Crippen LogP contribution in [0.3, 0.4) is 0 Å². The van der Waals surface area contributed by atoms with Crippen LogP contribution in [0.15, 0.2) is 41.0 Å². The average molecular weight is 297 g/mol. The first kappa shape index (κ1) is 14.0. The van der Waals surface area contributed by atoms with E-state index in [9.17, 15) is 4.79 Å². The fourth-order valence-corrected chi connectivity index (χ4v) is 2.09. The van der Waals surface area contributed by atoms with Crippen molar-refractivity contribution in [3.8, 4) is 5.82 Å². The zero-order valence-corrected chi connectivity index (χ0v) is 12.3. The molecule has 0 saturated heterocycles. The Morgan fingerprint density at radius 3 is 2.73 bits per heavy atom. The van der Waals surface area contributed by atoms with Crippen molar-refractivity contribution in [1.82, 2.24) is 25.3 Å². The molecule has 3 aromatic heterocycles. The average Bonchev–Trinajstić information content (AvgIpc) is 3.14. The minimum Gasteiger partial charge on any atom is -0.467 e. The predicted octanol–water partition coefficient (Wildman–Crippen LogP) is 1.80. The number of rotatable bonds is 4. The van der Waals surface area contributed by atoms with Gasteiger partial charge in [-0.1, -0.05) is 0 Å². The van der Waals surface area contributed by atoms with E-state index in [1.165, 1.54) is 0 Å². The summed E-state index contributed by atoms with van der Waals surface area (Å²) in [6.45, 7) is 4.16. The maximum Gasteiger partial charge on any atom is 0.272 e. The molecular formula is C15H15N5O2. The summed E-state index contributed by atoms with van der Waals surface area (Å²) < 4.78 is 6.84. The van der Waals surface area contributed by atoms with Crippen molar-refractivity contribution in [3.05, 3.63) is 59.4 Å². The highest BCUT2D eigenvalue weighted by Crippen LogP contribution is 2.09. The van der Waals surface area contributed by atoms with Gasteiger partial charge in [0.05, 0.1) is 18.5 Å². The number of amides is 1. The summed E-state index contributed by atoms with van der Waals surface area (Å²) >= 11 is 0. The van der Waals surface area contributed by atoms with E-state index in [0.29, 0.717) is 18.1 Å². The third-order valence-corrected chi connectivity index (χ3v) is 3.11. The smallest absolute Gasteiger partial charge is 0.272 e. The molecule has 0 bridgehead atoms. The number of aromatic nitrogens is 4. The second-order valence-electron chi connectivity index (χ2n) is 4.88. The molecular weight excluding hydrogens is 282 g/mol. The largest absolute Gasteiger partial charge is 0.467 e. The summed E-state index contributed by atoms with van der Waals surface area (Å²) in [7, 11) is 0. The molecule has 22 heavy (non-hydrogen) atoms. The number of furan rings is 1. The molecule has 3 aromatic rings. The summed E-state index contributed by atoms with van der Waals surface area (Å²) in [5.41, 5.74) is 2.11. The number of nitrogens with one attached hydrogen (secondary N) is 1. The zero-order valence-electron chi connectivity index (χ0n) is 12.3. The summed E-state index contributed by atoms with van der Waals surface area (Å²) in [5, 5.41) is 15.1. The molecule has 7 heteroatoms. The lowest BCUT2D eigenvalue weighted by Gasteiger charge is -2.04. The molecule has 7 nitrogen and oxygen atoms in total. The van der Waals surface area contributed by atoms with E-state index in [2.05, 4.69) is 20.6 Å². The molecule has 1 amide bonds. The van der Waals surface area contributed by atoms with E-state index < -0.39 is 0 Å². The Balaban J connectivity index is 1.71. The Kier molecular flexibility index (Phi) is 3.69. The third kappa shape index (κ3) is 2.88. The Hall–Kier alpha value is -2.96. The van der Waals surface area contributed by atoms with E-state index in [0.717, 1.165) is 11.4 Å². The second kappa shape index (κ2) is 5.80. The summed E-state index contributed by atoms with van der Waals surface area (Å²) in [6.07, 6.45) is 1.56. The van der Waals surface area contributed by atoms with Crippen molar-refractivity contribution in [1.29, 1.82) is 0 Å². The van der Waals surface area contributed by atoms with Crippen molar-refractivity contribution < 1.29 is 9.21 Å². The summed E-state index contributed by atoms with van der Waals surface area (Å²) in [5.74, 6) is 0.956. The zero-order chi connectivity index (χ0) is 15.5. The van der Waals surface area contributed by atoms with Gasteiger partial charge in [0.25, 0.3) is 5.91 Å². The lowest BCUT2D eigenvalue weighted by Crippen LogP contribution is -2.24. The molecule has 0 atom stereocenters. The molecule has 3 heterocycles. The Morgan fingerprint density at radius 2 is 2.14 bits per heavy atom. The van der Waals surface area contributed by atoms with Crippen LogP contribution in [0.4, 0.5) is 0 Å². The summed E-state index contributed by atoms with van der Waals surface area (Å²) in [6, 6.07) is 8.85. The minimum absolute atomic E-state index is 0.247. The number of nitrogens with zero attached hydrogens (tertiary/aromatic N) is 4. The predicted molar refractivity (Wildman–Crippen MR) is 78.5 cm³/mol. The SMILES string of the molecule is Cc1cc(C)n(-c2ccc(C(=O)NCc3ccco3)nn2)n1. The van der Waals surface area contributed by atoms with Gasteiger partial charge in [-0.2, -0.15) is 5.10 Å². The van der Waals surface area contributed by atoms with E-state index in [1.807, 2.05) is 19.9 Å². The van der Waals surface area contributed by atoms with Crippen molar-refractivity contribution in [2.45, 2.75) is 20.4 Å². The first-order valence-electron chi connectivity index (χ1n) is 6.81. The van der Waals surface area contributed by atoms with Crippen LogP contribution in [0.25, 0.3) is 5.82 Å². The molecule has 0 saturated carbocycles. The molecule has 0 aliphatic heterocycles. The highest BCUT2D eigenvalue weighted by molar-refractivity contribution is 5.92. The van der Waals surface area contributed by atoms with Gasteiger partial charge in [0.2, 0.25) is 0 Å². The summed E-state index contributed by atoms with van der Waals surface area (Å²) in [4.78, 5) is 12.0. The molecule has 3 rings (SSSR count). The standard InChI is InChI=1S/C15H15N5O2/c1-10-8-11(2)20(19-10)14-6-5-13(17-18-14)15(21)16-9-12-4-3-7-22-12/h3-8H,9H2,1-2H3,(H,16,21). The van der Waals surface area contributed by atoms with Gasteiger partial charge in [0, 0.05) is 5.69 Å². The highest BCUT2D eigenvalue weighted by Gasteiger charge is 2.10. The molecule has 1 N–H and O–H groups in total. The van der Waals surface area contributed by atoms with Gasteiger partial charge in [-0.3, -0.25) is 4.79 Å². The van der Waals surface area contributed by atoms with Gasteiger partial charge in [-0.05, 0) is 44.2 Å². The van der Waals surface area contributed by atoms with Gasteiger partial charge < -0.3 is 9.73 Å². The van der Waals surface area contributed by atoms with Crippen molar-refractivity contribution in [2.75, 3.05) is 0 Å². The monoisotopic (exact) mass is 297 g/mol. The minimum atomic E-state index is -0.302. The lowest BCUT2D eigenvalue weighted by atomic mass is 10.3. The first-order chi connectivity index (χ1) is 10.6. The molecule has 0 aromatic carbocycles. The molecule has 0 aliphatic carbocycles. The number of carbonyl (C=O) groups is 1. The molecule has 0 aliphatic rings. The van der Waals surface area contributed by atoms with Crippen molar-refractivity contribution in [3.63, 3.8) is 0 Å². The fraction of sp³-hybridized carbons (Fsp3) is 0.200. The molecule has 0 radical (unpaired) electrons. The van der Waals surface area contributed by atoms with Gasteiger partial charge in [-0.25, -0.2) is 4.68 Å². The molecule has 112 valence electrons. The Bertz CT molecular complexity index is 775. The normalized spacial score (nSPS) is 10.6. The van der Waals surface area contributed by atoms with Gasteiger partial charge in [0.1, 0.15) is 5.76 Å². The fourth-order valence-electron chi connectivity index (χ4n) is 2.09. The van der Waals surface area contributed by atoms with Crippen molar-refractivity contribution >= 4 is 5.91 Å². The second-order valence-corrected chi connectivity index (χ2v) is 4.88. The van der Waals surface area contributed by atoms with Gasteiger partial charge >= 0.3 is 0 Å². The van der Waals surface area contributed by atoms with E-state index in [-0.39, 0.29) is 11.6 Å². The van der Waals surface area contributed by atoms with E-state index in [1.54, 1.807) is 35.2 Å². The van der Waals surface area contributed by atoms with Crippen LogP contribution < -0.4 is 5.32 Å². The third-order valence-electron chi connectivity index (χ3n) is 3.11. The van der Waals surface area contributed by atoms with E-state index in [4.69, 9.17) is 4.42 Å². The maximum atomic E-state index is 12.0. The van der Waals surface area contributed by atoms with Crippen LogP contribution in [0, 0.1) is 13.8 Å². The van der Waals surface area contributed by atoms with Crippen LogP contribution in [0.1, 0.15) is 27.6 Å². The maximum absolute atomic E-state index is 12.0. The van der Waals surface area contributed by atoms with Crippen LogP contribution >= 0.6 is 0 Å². The number of carbonyl (C=O) groups excluding carboxylic acids is 1. The quantitative estimate of drug-likeness (QED) is 0.793. The lowest BCUT2D eigenvalue weighted by molar-refractivity contribution is 0.0942. The molecule has 0 fully saturated rings. The van der Waals surface area contributed by atoms with Gasteiger partial charge in [0.15, 0.2) is 11.5 Å². The number of hydrogen-bond donors (Lipinski definition) is 1. The Morgan fingerprint density at radius 1 is 1.27 bits per heavy atom. The number of aryl methyl sites for hydroxylation is 2. The first-order valence-corrected chi connectivity index (χ1v) is 6.81. The number of hydrogen-bond acceptors (Lipinski definition) is 5. The van der Waals surface area contributed by atoms with Crippen LogP contribution in [0.5, 0.6) is 0 Å². The van der Waals surface area contributed by atoms with Crippen LogP contribution in [-0.2, 0) is 6.54 Å². The van der Waals surface area contributed by atoms with Crippen molar-refractivity contribution in [2.24, 2.45) is 0 Å². The Labute approximate surface area is 127 Å².